The number of amides is 1. The molecule has 1 amide bonds. The minimum atomic E-state index is -3.94. The number of halogens is 2. The van der Waals surface area contributed by atoms with Crippen molar-refractivity contribution in [1.82, 2.24) is 5.32 Å². The normalized spacial score (nSPS) is 18.6. The van der Waals surface area contributed by atoms with Crippen molar-refractivity contribution in [3.8, 4) is 0 Å². The molecule has 0 spiro atoms. The summed E-state index contributed by atoms with van der Waals surface area (Å²) in [5, 5.41) is 2.99. The largest absolute Gasteiger partial charge is 0.348 e. The Balaban J connectivity index is 1.75. The van der Waals surface area contributed by atoms with E-state index in [2.05, 4.69) is 10.0 Å². The van der Waals surface area contributed by atoms with Gasteiger partial charge in [0.2, 0.25) is 0 Å². The summed E-state index contributed by atoms with van der Waals surface area (Å²) in [4.78, 5) is 12.3. The molecule has 1 atom stereocenters. The van der Waals surface area contributed by atoms with Gasteiger partial charge in [0.05, 0.1) is 26.4 Å². The molecule has 3 rings (SSSR count). The number of hydrogen-bond acceptors (Lipinski definition) is 5. The van der Waals surface area contributed by atoms with Crippen LogP contribution < -0.4 is 10.0 Å². The van der Waals surface area contributed by atoms with E-state index < -0.39 is 31.8 Å². The van der Waals surface area contributed by atoms with Crippen LogP contribution in [0, 0.1) is 0 Å². The third kappa shape index (κ3) is 4.96. The summed E-state index contributed by atoms with van der Waals surface area (Å²) < 4.78 is 50.4. The molecule has 0 unspecified atom stereocenters. The lowest BCUT2D eigenvalue weighted by molar-refractivity contribution is 0.0941. The van der Waals surface area contributed by atoms with Gasteiger partial charge < -0.3 is 5.32 Å². The maximum Gasteiger partial charge on any atom is 0.261 e. The predicted molar refractivity (Wildman–Crippen MR) is 108 cm³/mol. The molecule has 0 radical (unpaired) electrons. The molecule has 7 nitrogen and oxygen atoms in total. The molecule has 1 aliphatic rings. The van der Waals surface area contributed by atoms with Gasteiger partial charge in [-0.1, -0.05) is 29.3 Å². The first-order valence-corrected chi connectivity index (χ1v) is 12.2. The van der Waals surface area contributed by atoms with Gasteiger partial charge in [0.25, 0.3) is 15.9 Å². The number of sulfone groups is 1. The van der Waals surface area contributed by atoms with E-state index in [1.807, 2.05) is 0 Å². The number of carbonyl (C=O) groups excluding carboxylic acids is 1. The van der Waals surface area contributed by atoms with Crippen LogP contribution in [0.5, 0.6) is 0 Å². The van der Waals surface area contributed by atoms with Crippen molar-refractivity contribution in [2.75, 3.05) is 16.2 Å². The Labute approximate surface area is 173 Å². The average molecular weight is 463 g/mol. The third-order valence-electron chi connectivity index (χ3n) is 4.15. The van der Waals surface area contributed by atoms with Crippen LogP contribution in [0.3, 0.4) is 0 Å². The molecule has 2 aromatic rings. The summed E-state index contributed by atoms with van der Waals surface area (Å²) in [7, 11) is -7.06. The summed E-state index contributed by atoms with van der Waals surface area (Å²) in [6, 6.07) is 9.35. The van der Waals surface area contributed by atoms with Crippen LogP contribution in [0.25, 0.3) is 0 Å². The Kier molecular flexibility index (Phi) is 5.90. The molecule has 0 saturated carbocycles. The highest BCUT2D eigenvalue weighted by Gasteiger charge is 2.29. The Morgan fingerprint density at radius 2 is 1.82 bits per heavy atom. The van der Waals surface area contributed by atoms with Crippen molar-refractivity contribution in [2.24, 2.45) is 0 Å². The summed E-state index contributed by atoms with van der Waals surface area (Å²) in [5.74, 6) is -0.526. The summed E-state index contributed by atoms with van der Waals surface area (Å²) >= 11 is 11.7. The van der Waals surface area contributed by atoms with Crippen LogP contribution in [-0.4, -0.2) is 40.3 Å². The standard InChI is InChI=1S/C17H16Cl2N2O5S2/c18-15-5-4-14(9-16(15)19)28(25,26)21-12-3-1-2-11(8-12)17(22)20-13-6-7-27(23,24)10-13/h1-5,8-9,13,21H,6-7,10H2,(H,20,22)/t13-/m0/s1. The van der Waals surface area contributed by atoms with Crippen LogP contribution >= 0.6 is 23.2 Å². The molecule has 1 heterocycles. The van der Waals surface area contributed by atoms with Gasteiger partial charge in [-0.05, 0) is 42.8 Å². The Bertz CT molecular complexity index is 1130. The maximum atomic E-state index is 12.5. The second kappa shape index (κ2) is 7.90. The highest BCUT2D eigenvalue weighted by Crippen LogP contribution is 2.26. The van der Waals surface area contributed by atoms with Crippen LogP contribution in [0.15, 0.2) is 47.4 Å². The van der Waals surface area contributed by atoms with E-state index in [0.717, 1.165) is 0 Å². The SMILES string of the molecule is O=C(N[C@H]1CCS(=O)(=O)C1)c1cccc(NS(=O)(=O)c2ccc(Cl)c(Cl)c2)c1. The lowest BCUT2D eigenvalue weighted by atomic mass is 10.1. The number of anilines is 1. The number of hydrogen-bond donors (Lipinski definition) is 2. The first kappa shape index (κ1) is 20.9. The average Bonchev–Trinajstić information content (AvgIpc) is 2.95. The highest BCUT2D eigenvalue weighted by molar-refractivity contribution is 7.92. The fraction of sp³-hybridized carbons (Fsp3) is 0.235. The van der Waals surface area contributed by atoms with Gasteiger partial charge >= 0.3 is 0 Å². The second-order valence-corrected chi connectivity index (χ2v) is 11.1. The molecule has 0 aromatic heterocycles. The van der Waals surface area contributed by atoms with Gasteiger partial charge in [-0.15, -0.1) is 0 Å². The smallest absolute Gasteiger partial charge is 0.261 e. The molecule has 2 N–H and O–H groups in total. The maximum absolute atomic E-state index is 12.5. The highest BCUT2D eigenvalue weighted by atomic mass is 35.5. The fourth-order valence-electron chi connectivity index (χ4n) is 2.76. The monoisotopic (exact) mass is 462 g/mol. The minimum absolute atomic E-state index is 0.0431. The van der Waals surface area contributed by atoms with Gasteiger partial charge in [-0.25, -0.2) is 16.8 Å². The van der Waals surface area contributed by atoms with Crippen molar-refractivity contribution in [3.63, 3.8) is 0 Å². The quantitative estimate of drug-likeness (QED) is 0.709. The molecule has 1 fully saturated rings. The lowest BCUT2D eigenvalue weighted by Crippen LogP contribution is -2.35. The van der Waals surface area contributed by atoms with E-state index in [0.29, 0.717) is 6.42 Å². The van der Waals surface area contributed by atoms with Crippen molar-refractivity contribution in [1.29, 1.82) is 0 Å². The van der Waals surface area contributed by atoms with E-state index in [4.69, 9.17) is 23.2 Å². The number of rotatable bonds is 5. The lowest BCUT2D eigenvalue weighted by Gasteiger charge is -2.13. The molecule has 28 heavy (non-hydrogen) atoms. The molecule has 150 valence electrons. The van der Waals surface area contributed by atoms with Crippen molar-refractivity contribution < 1.29 is 21.6 Å². The molecule has 0 bridgehead atoms. The van der Waals surface area contributed by atoms with E-state index in [9.17, 15) is 21.6 Å². The van der Waals surface area contributed by atoms with Crippen molar-refractivity contribution >= 4 is 54.7 Å². The number of sulfonamides is 1. The summed E-state index contributed by atoms with van der Waals surface area (Å²) in [6.45, 7) is 0. The van der Waals surface area contributed by atoms with Crippen LogP contribution in [0.4, 0.5) is 5.69 Å². The molecule has 2 aromatic carbocycles. The molecule has 0 aliphatic carbocycles. The predicted octanol–water partition coefficient (Wildman–Crippen LogP) is 2.71. The molecule has 1 saturated heterocycles. The Morgan fingerprint density at radius 3 is 2.46 bits per heavy atom. The van der Waals surface area contributed by atoms with E-state index in [1.165, 1.54) is 42.5 Å². The fourth-order valence-corrected chi connectivity index (χ4v) is 5.87. The van der Waals surface area contributed by atoms with Gasteiger partial charge in [0, 0.05) is 17.3 Å². The van der Waals surface area contributed by atoms with Gasteiger partial charge in [0.15, 0.2) is 9.84 Å². The first-order chi connectivity index (χ1) is 13.1. The first-order valence-electron chi connectivity index (χ1n) is 8.15. The number of carbonyl (C=O) groups is 1. The van der Waals surface area contributed by atoms with Crippen LogP contribution in [-0.2, 0) is 19.9 Å². The van der Waals surface area contributed by atoms with Crippen molar-refractivity contribution in [3.05, 3.63) is 58.1 Å². The zero-order valence-electron chi connectivity index (χ0n) is 14.4. The van der Waals surface area contributed by atoms with Crippen molar-refractivity contribution in [2.45, 2.75) is 17.4 Å². The Morgan fingerprint density at radius 1 is 1.07 bits per heavy atom. The minimum Gasteiger partial charge on any atom is -0.348 e. The molecule has 11 heteroatoms. The van der Waals surface area contributed by atoms with Gasteiger partial charge in [-0.2, -0.15) is 0 Å². The van der Waals surface area contributed by atoms with Gasteiger partial charge in [0.1, 0.15) is 0 Å². The number of benzene rings is 2. The Hall–Kier alpha value is -1.81. The topological polar surface area (TPSA) is 109 Å². The van der Waals surface area contributed by atoms with E-state index >= 15 is 0 Å². The number of nitrogens with one attached hydrogen (secondary N) is 2. The van der Waals surface area contributed by atoms with E-state index in [-0.39, 0.29) is 37.7 Å². The summed E-state index contributed by atoms with van der Waals surface area (Å²) in [6.07, 6.45) is 0.359. The zero-order chi connectivity index (χ0) is 20.5. The van der Waals surface area contributed by atoms with E-state index in [1.54, 1.807) is 0 Å². The summed E-state index contributed by atoms with van der Waals surface area (Å²) in [5.41, 5.74) is 0.386. The van der Waals surface area contributed by atoms with Crippen LogP contribution in [0.2, 0.25) is 10.0 Å². The third-order valence-corrected chi connectivity index (χ3v) is 8.03. The zero-order valence-corrected chi connectivity index (χ0v) is 17.5. The molecular formula is C17H16Cl2N2O5S2. The molecular weight excluding hydrogens is 447 g/mol. The van der Waals surface area contributed by atoms with Gasteiger partial charge in [-0.3, -0.25) is 9.52 Å². The van der Waals surface area contributed by atoms with Crippen LogP contribution in [0.1, 0.15) is 16.8 Å². The molecule has 1 aliphatic heterocycles. The second-order valence-electron chi connectivity index (χ2n) is 6.34.